The van der Waals surface area contributed by atoms with Crippen molar-refractivity contribution in [3.63, 3.8) is 0 Å². The Kier molecular flexibility index (Phi) is 6.73. The number of hydrogen-bond acceptors (Lipinski definition) is 10. The molecule has 0 bridgehead atoms. The van der Waals surface area contributed by atoms with Gasteiger partial charge in [-0.2, -0.15) is 15.2 Å². The molecule has 2 aromatic carbocycles. The Morgan fingerprint density at radius 3 is 2.98 bits per heavy atom. The van der Waals surface area contributed by atoms with E-state index in [2.05, 4.69) is 15.2 Å². The van der Waals surface area contributed by atoms with Crippen molar-refractivity contribution in [1.29, 1.82) is 5.26 Å². The summed E-state index contributed by atoms with van der Waals surface area (Å²) in [6, 6.07) is 4.43. The number of fused-ring (bicyclic) bond motifs is 3. The number of benzene rings is 2. The number of halogens is 4. The van der Waals surface area contributed by atoms with Crippen molar-refractivity contribution in [2.75, 3.05) is 50.5 Å². The van der Waals surface area contributed by atoms with Gasteiger partial charge in [0.05, 0.1) is 32.3 Å². The molecule has 0 spiro atoms. The largest absolute Gasteiger partial charge is 0.486 e. The van der Waals surface area contributed by atoms with E-state index in [0.717, 1.165) is 30.7 Å². The number of nitrogen functional groups attached to an aromatic ring is 1. The van der Waals surface area contributed by atoms with Crippen LogP contribution >= 0.6 is 22.9 Å². The monoisotopic (exact) mass is 655 g/mol. The summed E-state index contributed by atoms with van der Waals surface area (Å²) in [7, 11) is 1.87. The van der Waals surface area contributed by atoms with Crippen molar-refractivity contribution >= 4 is 54.7 Å². The molecule has 6 heterocycles. The molecule has 0 radical (unpaired) electrons. The van der Waals surface area contributed by atoms with E-state index in [1.165, 1.54) is 12.1 Å². The number of nitrogens with zero attached hydrogens (tertiary/aromatic N) is 5. The number of piperidine rings is 1. The van der Waals surface area contributed by atoms with E-state index in [1.807, 2.05) is 18.0 Å². The van der Waals surface area contributed by atoms with Crippen LogP contribution in [0.2, 0.25) is 5.02 Å². The van der Waals surface area contributed by atoms with Crippen LogP contribution in [0.4, 0.5) is 24.0 Å². The number of ether oxygens (including phenoxy) is 2. The predicted molar refractivity (Wildman–Crippen MR) is 167 cm³/mol. The van der Waals surface area contributed by atoms with E-state index in [4.69, 9.17) is 31.8 Å². The van der Waals surface area contributed by atoms with E-state index in [-0.39, 0.29) is 72.8 Å². The number of nitrogens with two attached hydrogens (primary N) is 1. The second-order valence-electron chi connectivity index (χ2n) is 12.3. The molecule has 4 aliphatic rings. The van der Waals surface area contributed by atoms with Crippen LogP contribution in [-0.2, 0) is 0 Å². The van der Waals surface area contributed by atoms with Crippen LogP contribution in [0.5, 0.6) is 11.8 Å². The van der Waals surface area contributed by atoms with Crippen molar-refractivity contribution in [3.8, 4) is 29.0 Å². The molecule has 4 atom stereocenters. The summed E-state index contributed by atoms with van der Waals surface area (Å²) >= 11 is 7.97. The van der Waals surface area contributed by atoms with Gasteiger partial charge in [-0.15, -0.1) is 11.3 Å². The molecular formula is C31H29ClF3N7O2S. The zero-order chi connectivity index (χ0) is 31.2. The second kappa shape index (κ2) is 10.5. The van der Waals surface area contributed by atoms with E-state index in [1.54, 1.807) is 0 Å². The van der Waals surface area contributed by atoms with Crippen LogP contribution in [0.1, 0.15) is 31.2 Å². The normalized spacial score (nSPS) is 26.0. The van der Waals surface area contributed by atoms with Gasteiger partial charge in [0, 0.05) is 37.5 Å². The Morgan fingerprint density at radius 2 is 2.16 bits per heavy atom. The van der Waals surface area contributed by atoms with E-state index in [0.29, 0.717) is 43.7 Å². The zero-order valence-electron chi connectivity index (χ0n) is 24.3. The van der Waals surface area contributed by atoms with Gasteiger partial charge >= 0.3 is 6.01 Å². The van der Waals surface area contributed by atoms with Crippen molar-refractivity contribution in [3.05, 3.63) is 34.4 Å². The molecule has 14 heteroatoms. The maximum absolute atomic E-state index is 17.0. The Labute approximate surface area is 265 Å². The molecule has 4 aliphatic heterocycles. The lowest BCUT2D eigenvalue weighted by molar-refractivity contribution is 0.107. The summed E-state index contributed by atoms with van der Waals surface area (Å²) in [4.78, 5) is 13.4. The second-order valence-corrected chi connectivity index (χ2v) is 13.8. The molecule has 3 N–H and O–H groups in total. The highest BCUT2D eigenvalue weighted by atomic mass is 35.5. The van der Waals surface area contributed by atoms with Gasteiger partial charge in [0.25, 0.3) is 0 Å². The van der Waals surface area contributed by atoms with Crippen LogP contribution < -0.4 is 25.4 Å². The van der Waals surface area contributed by atoms with Gasteiger partial charge in [-0.05, 0) is 44.0 Å². The maximum atomic E-state index is 17.0. The van der Waals surface area contributed by atoms with E-state index < -0.39 is 23.3 Å². The molecule has 4 aromatic rings. The van der Waals surface area contributed by atoms with Crippen molar-refractivity contribution in [2.24, 2.45) is 0 Å². The first-order valence-electron chi connectivity index (χ1n) is 15.0. The molecular weight excluding hydrogens is 627 g/mol. The lowest BCUT2D eigenvalue weighted by atomic mass is 9.95. The minimum absolute atomic E-state index is 0.0342. The average Bonchev–Trinajstić information content (AvgIpc) is 3.65. The number of aromatic nitrogens is 2. The van der Waals surface area contributed by atoms with Crippen LogP contribution in [0.25, 0.3) is 32.1 Å². The van der Waals surface area contributed by atoms with Crippen LogP contribution in [0, 0.1) is 23.0 Å². The summed E-state index contributed by atoms with van der Waals surface area (Å²) in [6.07, 6.45) is 1.52. The molecule has 2 unspecified atom stereocenters. The topological polar surface area (TPSA) is 113 Å². The molecule has 0 amide bonds. The number of nitrogens with one attached hydrogen (secondary N) is 1. The lowest BCUT2D eigenvalue weighted by Gasteiger charge is -2.36. The molecule has 0 saturated carbocycles. The quantitative estimate of drug-likeness (QED) is 0.298. The summed E-state index contributed by atoms with van der Waals surface area (Å²) in [5, 5.41) is 13.8. The minimum atomic E-state index is -0.934. The average molecular weight is 656 g/mol. The van der Waals surface area contributed by atoms with Crippen molar-refractivity contribution in [2.45, 2.75) is 49.5 Å². The molecule has 3 saturated heterocycles. The third-order valence-corrected chi connectivity index (χ3v) is 11.2. The van der Waals surface area contributed by atoms with Gasteiger partial charge in [0.1, 0.15) is 47.1 Å². The van der Waals surface area contributed by atoms with Gasteiger partial charge in [0.2, 0.25) is 0 Å². The summed E-state index contributed by atoms with van der Waals surface area (Å²) in [5.41, 5.74) is 5.71. The summed E-state index contributed by atoms with van der Waals surface area (Å²) < 4.78 is 59.4. The number of anilines is 2. The molecule has 45 heavy (non-hydrogen) atoms. The molecule has 234 valence electrons. The Hall–Kier alpha value is -3.57. The standard InChI is InChI=1S/C31H29ClF3N7O2S/c1-41-18-11-38-7-5-19(18)44-26-22-25(39-30(40-29(22)41)43-13-31-6-2-8-42(31)12-14(33)9-31)24(35)21(23(26)32)15-3-4-17(34)27-20(15)16(10-36)28(37)45-27/h3-4,14,18-19,38H,2,5-9,11-13,37H2,1H3/t14-,18?,19?,31+/m1/s1. The van der Waals surface area contributed by atoms with Gasteiger partial charge in [-0.3, -0.25) is 4.90 Å². The lowest BCUT2D eigenvalue weighted by Crippen LogP contribution is -2.54. The SMILES string of the molecule is CN1c2nc(OC[C@@]34CCCN3C[C@H](F)C4)nc3c(F)c(-c4ccc(F)c5sc(N)c(C#N)c45)c(Cl)c(c23)OC2CCNCC21. The first-order valence-corrected chi connectivity index (χ1v) is 16.2. The number of alkyl halides is 1. The van der Waals surface area contributed by atoms with Crippen LogP contribution in [0.3, 0.4) is 0 Å². The first kappa shape index (κ1) is 28.9. The van der Waals surface area contributed by atoms with Crippen molar-refractivity contribution in [1.82, 2.24) is 20.2 Å². The molecule has 3 fully saturated rings. The Bertz CT molecular complexity index is 1940. The highest BCUT2D eigenvalue weighted by molar-refractivity contribution is 7.23. The minimum Gasteiger partial charge on any atom is -0.486 e. The third kappa shape index (κ3) is 4.26. The maximum Gasteiger partial charge on any atom is 0.319 e. The fourth-order valence-electron chi connectivity index (χ4n) is 7.71. The summed E-state index contributed by atoms with van der Waals surface area (Å²) in [5.74, 6) is -0.771. The van der Waals surface area contributed by atoms with Gasteiger partial charge in [-0.1, -0.05) is 17.7 Å². The Morgan fingerprint density at radius 1 is 1.31 bits per heavy atom. The van der Waals surface area contributed by atoms with Gasteiger partial charge in [-0.25, -0.2) is 13.2 Å². The molecule has 8 rings (SSSR count). The number of thiophene rings is 1. The number of nitriles is 1. The first-order chi connectivity index (χ1) is 21.7. The number of rotatable bonds is 4. The van der Waals surface area contributed by atoms with Gasteiger partial charge in [0.15, 0.2) is 11.6 Å². The third-order valence-electron chi connectivity index (χ3n) is 9.86. The van der Waals surface area contributed by atoms with E-state index >= 15 is 4.39 Å². The Balaban J connectivity index is 1.35. The van der Waals surface area contributed by atoms with Crippen molar-refractivity contribution < 1.29 is 22.6 Å². The number of likely N-dealkylation sites (N-methyl/N-ethyl adjacent to an activating group) is 1. The summed E-state index contributed by atoms with van der Waals surface area (Å²) in [6.45, 7) is 2.64. The van der Waals surface area contributed by atoms with Crippen LogP contribution in [0.15, 0.2) is 12.1 Å². The van der Waals surface area contributed by atoms with Crippen LogP contribution in [-0.4, -0.2) is 78.6 Å². The van der Waals surface area contributed by atoms with E-state index in [9.17, 15) is 14.0 Å². The molecule has 9 nitrogen and oxygen atoms in total. The smallest absolute Gasteiger partial charge is 0.319 e. The predicted octanol–water partition coefficient (Wildman–Crippen LogP) is 5.41. The highest BCUT2D eigenvalue weighted by Gasteiger charge is 2.49. The van der Waals surface area contributed by atoms with Gasteiger partial charge < -0.3 is 25.4 Å². The molecule has 0 aliphatic carbocycles. The molecule has 2 aromatic heterocycles. The zero-order valence-corrected chi connectivity index (χ0v) is 25.9. The number of hydrogen-bond donors (Lipinski definition) is 2. The highest BCUT2D eigenvalue weighted by Crippen LogP contribution is 2.52. The fraction of sp³-hybridized carbons (Fsp3) is 0.452. The fourth-order valence-corrected chi connectivity index (χ4v) is 8.98.